The van der Waals surface area contributed by atoms with Crippen molar-refractivity contribution in [1.29, 1.82) is 0 Å². The Hall–Kier alpha value is -0.0900. The lowest BCUT2D eigenvalue weighted by Crippen LogP contribution is -2.21. The van der Waals surface area contributed by atoms with E-state index in [2.05, 4.69) is 15.9 Å². The molecule has 3 N–H and O–H groups in total. The lowest BCUT2D eigenvalue weighted by molar-refractivity contribution is 0.211. The third kappa shape index (κ3) is 1.94. The second-order valence-electron chi connectivity index (χ2n) is 4.15. The molecule has 2 nitrogen and oxygen atoms in total. The maximum atomic E-state index is 9.31. The highest BCUT2D eigenvalue weighted by Gasteiger charge is 2.53. The number of rotatable bonds is 3. The predicted molar refractivity (Wildman–Crippen MR) is 65.1 cm³/mol. The molecule has 0 spiro atoms. The molecule has 0 radical (unpaired) electrons. The van der Waals surface area contributed by atoms with Crippen LogP contribution in [0.2, 0.25) is 5.02 Å². The van der Waals surface area contributed by atoms with Gasteiger partial charge in [-0.15, -0.1) is 0 Å². The number of hydrogen-bond acceptors (Lipinski definition) is 2. The van der Waals surface area contributed by atoms with Crippen LogP contribution in [-0.2, 0) is 0 Å². The average Bonchev–Trinajstić information content (AvgIpc) is 2.97. The number of nitrogens with two attached hydrogens (primary N) is 1. The van der Waals surface area contributed by atoms with Crippen molar-refractivity contribution in [3.8, 4) is 0 Å². The lowest BCUT2D eigenvalue weighted by Gasteiger charge is -2.12. The fourth-order valence-corrected chi connectivity index (χ4v) is 2.66. The Morgan fingerprint density at radius 3 is 2.87 bits per heavy atom. The van der Waals surface area contributed by atoms with Crippen LogP contribution < -0.4 is 5.73 Å². The molecule has 1 aromatic carbocycles. The van der Waals surface area contributed by atoms with Gasteiger partial charge in [0.1, 0.15) is 0 Å². The van der Waals surface area contributed by atoms with E-state index in [1.165, 1.54) is 0 Å². The molecular weight excluding hydrogens is 277 g/mol. The van der Waals surface area contributed by atoms with E-state index in [-0.39, 0.29) is 12.0 Å². The highest BCUT2D eigenvalue weighted by molar-refractivity contribution is 9.10. The first-order chi connectivity index (χ1) is 7.13. The smallest absolute Gasteiger partial charge is 0.0505 e. The Labute approximate surface area is 103 Å². The van der Waals surface area contributed by atoms with Gasteiger partial charge in [-0.05, 0) is 36.1 Å². The first kappa shape index (κ1) is 11.4. The molecule has 2 atom stereocenters. The van der Waals surface area contributed by atoms with Crippen LogP contribution in [-0.4, -0.2) is 18.3 Å². The molecular formula is C11H13BrClNO. The van der Waals surface area contributed by atoms with Gasteiger partial charge in [0.25, 0.3) is 0 Å². The Kier molecular flexibility index (Phi) is 3.08. The summed E-state index contributed by atoms with van der Waals surface area (Å²) in [6.07, 6.45) is 0.927. The van der Waals surface area contributed by atoms with E-state index in [0.29, 0.717) is 12.5 Å². The van der Waals surface area contributed by atoms with Gasteiger partial charge in [-0.3, -0.25) is 0 Å². The highest BCUT2D eigenvalue weighted by Crippen LogP contribution is 2.59. The van der Waals surface area contributed by atoms with Crippen LogP contribution in [0, 0.1) is 5.41 Å². The van der Waals surface area contributed by atoms with Crippen LogP contribution in [0.4, 0.5) is 0 Å². The molecule has 1 saturated carbocycles. The zero-order valence-corrected chi connectivity index (χ0v) is 10.6. The van der Waals surface area contributed by atoms with Gasteiger partial charge in [-0.25, -0.2) is 0 Å². The standard InChI is InChI=1S/C11H13BrClNO/c12-7-1-2-10(13)8(3-7)9-4-11(9,5-14)6-15/h1-3,9,15H,4-6,14H2. The van der Waals surface area contributed by atoms with E-state index in [1.807, 2.05) is 18.2 Å². The molecule has 0 aromatic heterocycles. The van der Waals surface area contributed by atoms with E-state index in [1.54, 1.807) is 0 Å². The normalized spacial score (nSPS) is 29.2. The van der Waals surface area contributed by atoms with E-state index >= 15 is 0 Å². The second-order valence-corrected chi connectivity index (χ2v) is 5.47. The maximum Gasteiger partial charge on any atom is 0.0505 e. The molecule has 0 heterocycles. The van der Waals surface area contributed by atoms with Crippen molar-refractivity contribution in [2.75, 3.05) is 13.2 Å². The summed E-state index contributed by atoms with van der Waals surface area (Å²) >= 11 is 9.55. The zero-order chi connectivity index (χ0) is 11.1. The second kappa shape index (κ2) is 4.06. The van der Waals surface area contributed by atoms with Crippen molar-refractivity contribution in [3.63, 3.8) is 0 Å². The molecule has 15 heavy (non-hydrogen) atoms. The van der Waals surface area contributed by atoms with Crippen molar-refractivity contribution in [3.05, 3.63) is 33.3 Å². The third-order valence-corrected chi connectivity index (χ3v) is 4.08. The van der Waals surface area contributed by atoms with Crippen LogP contribution in [0.25, 0.3) is 0 Å². The molecule has 1 fully saturated rings. The number of halogens is 2. The number of hydrogen-bond donors (Lipinski definition) is 2. The van der Waals surface area contributed by atoms with E-state index < -0.39 is 0 Å². The van der Waals surface area contributed by atoms with Crippen LogP contribution in [0.15, 0.2) is 22.7 Å². The molecule has 0 amide bonds. The maximum absolute atomic E-state index is 9.31. The summed E-state index contributed by atoms with van der Waals surface area (Å²) in [7, 11) is 0. The van der Waals surface area contributed by atoms with Gasteiger partial charge in [0.05, 0.1) is 6.61 Å². The molecule has 1 aliphatic rings. The monoisotopic (exact) mass is 289 g/mol. The largest absolute Gasteiger partial charge is 0.396 e. The quantitative estimate of drug-likeness (QED) is 0.898. The minimum absolute atomic E-state index is 0.134. The van der Waals surface area contributed by atoms with E-state index in [4.69, 9.17) is 17.3 Å². The molecule has 0 saturated heterocycles. The van der Waals surface area contributed by atoms with Crippen molar-refractivity contribution in [2.24, 2.45) is 11.1 Å². The summed E-state index contributed by atoms with van der Waals surface area (Å²) in [6.45, 7) is 0.647. The Morgan fingerprint density at radius 1 is 1.60 bits per heavy atom. The SMILES string of the molecule is NCC1(CO)CC1c1cc(Br)ccc1Cl. The fraction of sp³-hybridized carbons (Fsp3) is 0.455. The van der Waals surface area contributed by atoms with Crippen molar-refractivity contribution in [2.45, 2.75) is 12.3 Å². The summed E-state index contributed by atoms with van der Waals surface area (Å²) in [5.41, 5.74) is 6.63. The van der Waals surface area contributed by atoms with E-state index in [9.17, 15) is 5.11 Å². The van der Waals surface area contributed by atoms with Crippen molar-refractivity contribution < 1.29 is 5.11 Å². The van der Waals surface area contributed by atoms with Gasteiger partial charge in [0.15, 0.2) is 0 Å². The lowest BCUT2D eigenvalue weighted by atomic mass is 10.00. The van der Waals surface area contributed by atoms with Crippen LogP contribution in [0.5, 0.6) is 0 Å². The summed E-state index contributed by atoms with van der Waals surface area (Å²) in [5, 5.41) is 10.1. The predicted octanol–water partition coefficient (Wildman–Crippen LogP) is 2.53. The third-order valence-electron chi connectivity index (χ3n) is 3.24. The molecule has 1 aliphatic carbocycles. The Morgan fingerprint density at radius 2 is 2.33 bits per heavy atom. The average molecular weight is 291 g/mol. The van der Waals surface area contributed by atoms with Crippen LogP contribution >= 0.6 is 27.5 Å². The first-order valence-electron chi connectivity index (χ1n) is 4.89. The molecule has 2 rings (SSSR count). The van der Waals surface area contributed by atoms with Crippen LogP contribution in [0.3, 0.4) is 0 Å². The van der Waals surface area contributed by atoms with Crippen molar-refractivity contribution in [1.82, 2.24) is 0 Å². The minimum Gasteiger partial charge on any atom is -0.396 e. The van der Waals surface area contributed by atoms with Crippen LogP contribution in [0.1, 0.15) is 17.9 Å². The van der Waals surface area contributed by atoms with Crippen molar-refractivity contribution >= 4 is 27.5 Å². The molecule has 1 aromatic rings. The summed E-state index contributed by atoms with van der Waals surface area (Å²) < 4.78 is 1.01. The first-order valence-corrected chi connectivity index (χ1v) is 6.06. The Bertz CT molecular complexity index is 379. The molecule has 0 aliphatic heterocycles. The summed E-state index contributed by atoms with van der Waals surface area (Å²) in [4.78, 5) is 0. The van der Waals surface area contributed by atoms with Gasteiger partial charge >= 0.3 is 0 Å². The fourth-order valence-electron chi connectivity index (χ4n) is 2.03. The number of aliphatic hydroxyl groups is 1. The molecule has 0 bridgehead atoms. The molecule has 4 heteroatoms. The summed E-state index contributed by atoms with van der Waals surface area (Å²) in [5.74, 6) is 0.303. The molecule has 82 valence electrons. The Balaban J connectivity index is 2.29. The van der Waals surface area contributed by atoms with Gasteiger partial charge < -0.3 is 10.8 Å². The zero-order valence-electron chi connectivity index (χ0n) is 8.21. The summed E-state index contributed by atoms with van der Waals surface area (Å²) in [6, 6.07) is 5.80. The van der Waals surface area contributed by atoms with Gasteiger partial charge in [-0.1, -0.05) is 27.5 Å². The van der Waals surface area contributed by atoms with E-state index in [0.717, 1.165) is 21.5 Å². The van der Waals surface area contributed by atoms with Gasteiger partial charge in [0, 0.05) is 21.5 Å². The topological polar surface area (TPSA) is 46.2 Å². The highest BCUT2D eigenvalue weighted by atomic mass is 79.9. The minimum atomic E-state index is -0.134. The van der Waals surface area contributed by atoms with Gasteiger partial charge in [0.2, 0.25) is 0 Å². The molecule has 2 unspecified atom stereocenters. The van der Waals surface area contributed by atoms with Gasteiger partial charge in [-0.2, -0.15) is 0 Å². The number of aliphatic hydroxyl groups excluding tert-OH is 1. The number of benzene rings is 1.